The minimum atomic E-state index is -0.0686. The summed E-state index contributed by atoms with van der Waals surface area (Å²) in [6.07, 6.45) is 2.97. The number of hydrogen-bond acceptors (Lipinski definition) is 4. The molecule has 0 saturated carbocycles. The second-order valence-corrected chi connectivity index (χ2v) is 7.90. The standard InChI is InChI=1S/C20H28N2OS/c1-16-3-5-17(6-4-16)20-8-7-19(24-20)15-21-11-2-12-22-13-9-18(23)10-14-22/h3-8,18,21,23H,2,9-15H2,1H3. The van der Waals surface area contributed by atoms with Crippen molar-refractivity contribution < 1.29 is 5.11 Å². The van der Waals surface area contributed by atoms with Crippen molar-refractivity contribution in [1.82, 2.24) is 10.2 Å². The Labute approximate surface area is 149 Å². The van der Waals surface area contributed by atoms with E-state index in [9.17, 15) is 5.11 Å². The number of hydrogen-bond donors (Lipinski definition) is 2. The van der Waals surface area contributed by atoms with Crippen LogP contribution in [-0.2, 0) is 6.54 Å². The topological polar surface area (TPSA) is 35.5 Å². The van der Waals surface area contributed by atoms with Crippen LogP contribution in [-0.4, -0.2) is 42.3 Å². The van der Waals surface area contributed by atoms with Crippen molar-refractivity contribution in [2.75, 3.05) is 26.2 Å². The molecular formula is C20H28N2OS. The molecule has 0 spiro atoms. The molecule has 24 heavy (non-hydrogen) atoms. The molecule has 0 unspecified atom stereocenters. The molecule has 2 heterocycles. The highest BCUT2D eigenvalue weighted by atomic mass is 32.1. The summed E-state index contributed by atoms with van der Waals surface area (Å²) in [5.41, 5.74) is 2.62. The zero-order valence-electron chi connectivity index (χ0n) is 14.5. The van der Waals surface area contributed by atoms with E-state index in [1.165, 1.54) is 27.3 Å². The number of thiophene rings is 1. The van der Waals surface area contributed by atoms with Crippen LogP contribution >= 0.6 is 11.3 Å². The van der Waals surface area contributed by atoms with Crippen molar-refractivity contribution in [3.8, 4) is 10.4 Å². The summed E-state index contributed by atoms with van der Waals surface area (Å²) in [6, 6.07) is 13.2. The molecule has 1 aromatic carbocycles. The predicted octanol–water partition coefficient (Wildman–Crippen LogP) is 3.66. The molecule has 2 N–H and O–H groups in total. The Hall–Kier alpha value is -1.20. The first kappa shape index (κ1) is 17.6. The van der Waals surface area contributed by atoms with Gasteiger partial charge in [0.15, 0.2) is 0 Å². The van der Waals surface area contributed by atoms with Gasteiger partial charge in [0.1, 0.15) is 0 Å². The van der Waals surface area contributed by atoms with Gasteiger partial charge in [0.2, 0.25) is 0 Å². The van der Waals surface area contributed by atoms with Crippen molar-refractivity contribution in [1.29, 1.82) is 0 Å². The van der Waals surface area contributed by atoms with E-state index in [-0.39, 0.29) is 6.10 Å². The largest absolute Gasteiger partial charge is 0.393 e. The third kappa shape index (κ3) is 5.15. The molecule has 0 amide bonds. The first-order valence-electron chi connectivity index (χ1n) is 8.97. The van der Waals surface area contributed by atoms with Crippen molar-refractivity contribution in [3.05, 3.63) is 46.8 Å². The molecule has 1 aliphatic rings. The Bertz CT molecular complexity index is 615. The van der Waals surface area contributed by atoms with E-state index in [1.807, 2.05) is 11.3 Å². The third-order valence-corrected chi connectivity index (χ3v) is 5.82. The number of aryl methyl sites for hydroxylation is 1. The summed E-state index contributed by atoms with van der Waals surface area (Å²) in [5, 5.41) is 13.1. The highest BCUT2D eigenvalue weighted by molar-refractivity contribution is 7.15. The number of nitrogens with zero attached hydrogens (tertiary/aromatic N) is 1. The number of aliphatic hydroxyl groups excluding tert-OH is 1. The lowest BCUT2D eigenvalue weighted by Crippen LogP contribution is -2.37. The average Bonchev–Trinajstić information content (AvgIpc) is 3.06. The lowest BCUT2D eigenvalue weighted by atomic mass is 10.1. The zero-order chi connectivity index (χ0) is 16.8. The van der Waals surface area contributed by atoms with Crippen LogP contribution < -0.4 is 5.32 Å². The van der Waals surface area contributed by atoms with Gasteiger partial charge in [-0.3, -0.25) is 0 Å². The summed E-state index contributed by atoms with van der Waals surface area (Å²) < 4.78 is 0. The van der Waals surface area contributed by atoms with Crippen molar-refractivity contribution in [2.24, 2.45) is 0 Å². The van der Waals surface area contributed by atoms with E-state index in [4.69, 9.17) is 0 Å². The fourth-order valence-electron chi connectivity index (χ4n) is 3.13. The van der Waals surface area contributed by atoms with Gasteiger partial charge in [-0.1, -0.05) is 29.8 Å². The minimum Gasteiger partial charge on any atom is -0.393 e. The van der Waals surface area contributed by atoms with E-state index in [2.05, 4.69) is 53.5 Å². The number of piperidine rings is 1. The maximum atomic E-state index is 9.52. The van der Waals surface area contributed by atoms with Crippen LogP contribution in [0, 0.1) is 6.92 Å². The van der Waals surface area contributed by atoms with Gasteiger partial charge in [-0.2, -0.15) is 0 Å². The predicted molar refractivity (Wildman–Crippen MR) is 102 cm³/mol. The van der Waals surface area contributed by atoms with Crippen molar-refractivity contribution in [3.63, 3.8) is 0 Å². The van der Waals surface area contributed by atoms with Gasteiger partial charge in [-0.15, -0.1) is 11.3 Å². The molecule has 0 radical (unpaired) electrons. The fraction of sp³-hybridized carbons (Fsp3) is 0.500. The van der Waals surface area contributed by atoms with E-state index in [1.54, 1.807) is 0 Å². The normalized spacial score (nSPS) is 16.6. The summed E-state index contributed by atoms with van der Waals surface area (Å²) in [7, 11) is 0. The van der Waals surface area contributed by atoms with Crippen LogP contribution in [0.15, 0.2) is 36.4 Å². The lowest BCUT2D eigenvalue weighted by Gasteiger charge is -2.29. The van der Waals surface area contributed by atoms with Gasteiger partial charge in [0.25, 0.3) is 0 Å². The molecule has 1 saturated heterocycles. The quantitative estimate of drug-likeness (QED) is 0.753. The van der Waals surface area contributed by atoms with Gasteiger partial charge < -0.3 is 15.3 Å². The van der Waals surface area contributed by atoms with Crippen LogP contribution in [0.25, 0.3) is 10.4 Å². The Morgan fingerprint density at radius 1 is 1.12 bits per heavy atom. The lowest BCUT2D eigenvalue weighted by molar-refractivity contribution is 0.0821. The first-order valence-corrected chi connectivity index (χ1v) is 9.79. The molecule has 4 heteroatoms. The summed E-state index contributed by atoms with van der Waals surface area (Å²) in [4.78, 5) is 5.21. The highest BCUT2D eigenvalue weighted by Crippen LogP contribution is 2.28. The molecule has 3 nitrogen and oxygen atoms in total. The first-order chi connectivity index (χ1) is 11.7. The van der Waals surface area contributed by atoms with E-state index >= 15 is 0 Å². The molecular weight excluding hydrogens is 316 g/mol. The van der Waals surface area contributed by atoms with Gasteiger partial charge in [0, 0.05) is 29.4 Å². The van der Waals surface area contributed by atoms with E-state index in [0.717, 1.165) is 45.6 Å². The molecule has 1 fully saturated rings. The van der Waals surface area contributed by atoms with E-state index < -0.39 is 0 Å². The molecule has 0 atom stereocenters. The second kappa shape index (κ2) is 8.77. The average molecular weight is 345 g/mol. The maximum Gasteiger partial charge on any atom is 0.0564 e. The Morgan fingerprint density at radius 3 is 2.62 bits per heavy atom. The third-order valence-electron chi connectivity index (χ3n) is 4.68. The molecule has 130 valence electrons. The fourth-order valence-corrected chi connectivity index (χ4v) is 4.11. The molecule has 0 bridgehead atoms. The van der Waals surface area contributed by atoms with Gasteiger partial charge >= 0.3 is 0 Å². The van der Waals surface area contributed by atoms with E-state index in [0.29, 0.717) is 0 Å². The summed E-state index contributed by atoms with van der Waals surface area (Å²) >= 11 is 1.88. The van der Waals surface area contributed by atoms with Crippen molar-refractivity contribution in [2.45, 2.75) is 38.8 Å². The van der Waals surface area contributed by atoms with Gasteiger partial charge in [0.05, 0.1) is 6.10 Å². The van der Waals surface area contributed by atoms with Crippen LogP contribution in [0.4, 0.5) is 0 Å². The Morgan fingerprint density at radius 2 is 1.88 bits per heavy atom. The molecule has 1 aromatic heterocycles. The molecule has 1 aliphatic heterocycles. The van der Waals surface area contributed by atoms with Gasteiger partial charge in [-0.25, -0.2) is 0 Å². The maximum absolute atomic E-state index is 9.52. The minimum absolute atomic E-state index is 0.0686. The van der Waals surface area contributed by atoms with Crippen LogP contribution in [0.1, 0.15) is 29.7 Å². The second-order valence-electron chi connectivity index (χ2n) is 6.74. The van der Waals surface area contributed by atoms with Crippen molar-refractivity contribution >= 4 is 11.3 Å². The molecule has 2 aromatic rings. The number of benzene rings is 1. The molecule has 0 aliphatic carbocycles. The monoisotopic (exact) mass is 344 g/mol. The smallest absolute Gasteiger partial charge is 0.0564 e. The van der Waals surface area contributed by atoms with Crippen LogP contribution in [0.5, 0.6) is 0 Å². The van der Waals surface area contributed by atoms with Gasteiger partial charge in [-0.05, 0) is 57.0 Å². The number of nitrogens with one attached hydrogen (secondary N) is 1. The van der Waals surface area contributed by atoms with Crippen LogP contribution in [0.2, 0.25) is 0 Å². The Kier molecular flexibility index (Phi) is 6.44. The highest BCUT2D eigenvalue weighted by Gasteiger charge is 2.15. The summed E-state index contributed by atoms with van der Waals surface area (Å²) in [5.74, 6) is 0. The van der Waals surface area contributed by atoms with Crippen LogP contribution in [0.3, 0.4) is 0 Å². The number of rotatable bonds is 7. The number of likely N-dealkylation sites (tertiary alicyclic amines) is 1. The Balaban J connectivity index is 1.36. The summed E-state index contributed by atoms with van der Waals surface area (Å²) in [6.45, 7) is 7.36. The number of aliphatic hydroxyl groups is 1. The SMILES string of the molecule is Cc1ccc(-c2ccc(CNCCCN3CCC(O)CC3)s2)cc1. The molecule has 3 rings (SSSR count). The zero-order valence-corrected chi connectivity index (χ0v) is 15.3.